The first kappa shape index (κ1) is 13.6. The van der Waals surface area contributed by atoms with Crippen LogP contribution in [-0.4, -0.2) is 13.2 Å². The average molecular weight is 237 g/mol. The molecule has 0 aliphatic rings. The minimum Gasteiger partial charge on any atom is -0.409 e. The molecule has 0 heterocycles. The Kier molecular flexibility index (Phi) is 5.07. The molecule has 17 heavy (non-hydrogen) atoms. The molecule has 0 unspecified atom stereocenters. The van der Waals surface area contributed by atoms with Gasteiger partial charge in [-0.2, -0.15) is 0 Å². The molecular weight excluding hydrogens is 222 g/mol. The number of hydrogen-bond donors (Lipinski definition) is 0. The van der Waals surface area contributed by atoms with Crippen molar-refractivity contribution < 1.29 is 13.7 Å². The van der Waals surface area contributed by atoms with Gasteiger partial charge in [-0.1, -0.05) is 0 Å². The molecule has 6 heteroatoms. The maximum Gasteiger partial charge on any atom is 0.453 e. The van der Waals surface area contributed by atoms with Crippen LogP contribution < -0.4 is 0 Å². The first-order chi connectivity index (χ1) is 8.02. The molecule has 0 aliphatic heterocycles. The lowest BCUT2D eigenvalue weighted by Crippen LogP contribution is -2.22. The molecule has 1 rings (SSSR count). The van der Waals surface area contributed by atoms with Crippen LogP contribution in [0, 0.1) is 11.2 Å². The summed E-state index contributed by atoms with van der Waals surface area (Å²) in [7, 11) is -0.398. The molecule has 1 aromatic carbocycles. The number of nitrogens with zero attached hydrogens (tertiary/aromatic N) is 2. The molecule has 4 nitrogen and oxygen atoms in total. The second-order valence-corrected chi connectivity index (χ2v) is 3.94. The summed E-state index contributed by atoms with van der Waals surface area (Å²) in [6.07, 6.45) is 0.0551. The predicted octanol–water partition coefficient (Wildman–Crippen LogP) is 3.37. The zero-order chi connectivity index (χ0) is 12.8. The summed E-state index contributed by atoms with van der Waals surface area (Å²) in [5.74, 6) is -0.395. The molecule has 0 radical (unpaired) electrons. The third-order valence-electron chi connectivity index (χ3n) is 2.09. The molecule has 0 fully saturated rings. The maximum absolute atomic E-state index is 13.0. The van der Waals surface area contributed by atoms with E-state index in [-0.39, 0.29) is 12.7 Å². The summed E-state index contributed by atoms with van der Waals surface area (Å²) in [4.78, 5) is 3.06. The Balaban J connectivity index is 2.63. The number of diazo groups is 1. The quantitative estimate of drug-likeness (QED) is 0.582. The molecule has 1 aromatic rings. The van der Waals surface area contributed by atoms with Gasteiger partial charge >= 0.3 is 12.8 Å². The Morgan fingerprint density at radius 1 is 1.47 bits per heavy atom. The van der Waals surface area contributed by atoms with Gasteiger partial charge in [-0.3, -0.25) is 0 Å². The first-order valence-corrected chi connectivity index (χ1v) is 5.43. The van der Waals surface area contributed by atoms with Crippen LogP contribution in [0.15, 0.2) is 18.2 Å². The van der Waals surface area contributed by atoms with Gasteiger partial charge in [0.2, 0.25) is 5.39 Å². The number of hydrogen-bond acceptors (Lipinski definition) is 3. The third-order valence-corrected chi connectivity index (χ3v) is 2.09. The highest BCUT2D eigenvalue weighted by Gasteiger charge is 2.18. The van der Waals surface area contributed by atoms with Crippen molar-refractivity contribution >= 4 is 12.8 Å². The van der Waals surface area contributed by atoms with E-state index in [4.69, 9.17) is 14.7 Å². The Morgan fingerprint density at radius 2 is 2.18 bits per heavy atom. The summed E-state index contributed by atoms with van der Waals surface area (Å²) in [5, 5.41) is 8.74. The molecule has 0 saturated carbocycles. The van der Waals surface area contributed by atoms with Gasteiger partial charge in [0.25, 0.3) is 0 Å². The molecule has 90 valence electrons. The normalized spacial score (nSPS) is 10.4. The van der Waals surface area contributed by atoms with Crippen LogP contribution in [0.4, 0.5) is 10.1 Å². The van der Waals surface area contributed by atoms with Crippen LogP contribution in [0.1, 0.15) is 19.4 Å². The van der Waals surface area contributed by atoms with E-state index in [1.165, 1.54) is 18.2 Å². The molecule has 0 N–H and O–H groups in total. The molecule has 0 bridgehead atoms. The molecule has 0 aliphatic carbocycles. The lowest BCUT2D eigenvalue weighted by atomic mass is 9.94. The average Bonchev–Trinajstić information content (AvgIpc) is 2.25. The van der Waals surface area contributed by atoms with E-state index in [9.17, 15) is 4.39 Å². The van der Waals surface area contributed by atoms with Gasteiger partial charge in [0.1, 0.15) is 5.82 Å². The van der Waals surface area contributed by atoms with Crippen molar-refractivity contribution in [2.24, 2.45) is 0 Å². The van der Waals surface area contributed by atoms with Crippen molar-refractivity contribution in [1.82, 2.24) is 0 Å². The lowest BCUT2D eigenvalue weighted by Gasteiger charge is -2.12. The SMILES string of the molecule is CB(OCc1cc(F)ccc1[N+]#N)OC(C)C. The van der Waals surface area contributed by atoms with Gasteiger partial charge in [-0.05, 0) is 32.8 Å². The fourth-order valence-electron chi connectivity index (χ4n) is 1.40. The van der Waals surface area contributed by atoms with Crippen molar-refractivity contribution in [1.29, 1.82) is 5.39 Å². The van der Waals surface area contributed by atoms with Gasteiger partial charge < -0.3 is 9.31 Å². The van der Waals surface area contributed by atoms with Crippen LogP contribution in [0.5, 0.6) is 0 Å². The highest BCUT2D eigenvalue weighted by atomic mass is 19.1. The second-order valence-electron chi connectivity index (χ2n) is 3.94. The topological polar surface area (TPSA) is 46.6 Å². The van der Waals surface area contributed by atoms with Crippen molar-refractivity contribution in [3.8, 4) is 0 Å². The van der Waals surface area contributed by atoms with Crippen LogP contribution in [-0.2, 0) is 15.9 Å². The molecule has 0 spiro atoms. The smallest absolute Gasteiger partial charge is 0.409 e. The molecule has 0 atom stereocenters. The summed E-state index contributed by atoms with van der Waals surface area (Å²) in [5.41, 5.74) is 0.773. The largest absolute Gasteiger partial charge is 0.453 e. The highest BCUT2D eigenvalue weighted by molar-refractivity contribution is 6.42. The van der Waals surface area contributed by atoms with E-state index in [0.717, 1.165) is 0 Å². The van der Waals surface area contributed by atoms with Crippen molar-refractivity contribution in [3.05, 3.63) is 34.6 Å². The third kappa shape index (κ3) is 4.51. The molecule has 0 aromatic heterocycles. The highest BCUT2D eigenvalue weighted by Crippen LogP contribution is 2.21. The molecular formula is C11H15BFN2O2+. The lowest BCUT2D eigenvalue weighted by molar-refractivity contribution is 0.157. The summed E-state index contributed by atoms with van der Waals surface area (Å²) < 4.78 is 23.8. The zero-order valence-corrected chi connectivity index (χ0v) is 10.2. The summed E-state index contributed by atoms with van der Waals surface area (Å²) >= 11 is 0. The first-order valence-electron chi connectivity index (χ1n) is 5.43. The minimum absolute atomic E-state index is 0.0551. The fraction of sp³-hybridized carbons (Fsp3) is 0.455. The predicted molar refractivity (Wildman–Crippen MR) is 63.8 cm³/mol. The monoisotopic (exact) mass is 237 g/mol. The van der Waals surface area contributed by atoms with Crippen molar-refractivity contribution in [2.45, 2.75) is 33.4 Å². The van der Waals surface area contributed by atoms with E-state index >= 15 is 0 Å². The van der Waals surface area contributed by atoms with E-state index in [1.807, 2.05) is 13.8 Å². The Labute approximate surface area is 101 Å². The number of halogens is 1. The zero-order valence-electron chi connectivity index (χ0n) is 10.2. The summed E-state index contributed by atoms with van der Waals surface area (Å²) in [6.45, 7) is 5.69. The fourth-order valence-corrected chi connectivity index (χ4v) is 1.40. The van der Waals surface area contributed by atoms with E-state index in [1.54, 1.807) is 6.82 Å². The van der Waals surface area contributed by atoms with Gasteiger partial charge in [-0.25, -0.2) is 4.39 Å². The van der Waals surface area contributed by atoms with Crippen molar-refractivity contribution in [2.75, 3.05) is 0 Å². The Morgan fingerprint density at radius 3 is 2.76 bits per heavy atom. The van der Waals surface area contributed by atoms with Gasteiger partial charge in [0, 0.05) is 12.2 Å². The molecule has 0 amide bonds. The van der Waals surface area contributed by atoms with Gasteiger partial charge in [-0.15, -0.1) is 0 Å². The Bertz CT molecular complexity index is 420. The van der Waals surface area contributed by atoms with E-state index in [0.29, 0.717) is 11.3 Å². The maximum atomic E-state index is 13.0. The van der Waals surface area contributed by atoms with Gasteiger partial charge in [0.05, 0.1) is 12.2 Å². The van der Waals surface area contributed by atoms with Crippen LogP contribution in [0.25, 0.3) is 4.98 Å². The standard InChI is InChI=1S/C11H15BFN2O2/c1-8(2)17-12(3)16-7-9-6-10(13)4-5-11(9)15-14/h4-6,8H,7H2,1-3H3/q+1. The van der Waals surface area contributed by atoms with E-state index in [2.05, 4.69) is 4.98 Å². The minimum atomic E-state index is -0.398. The van der Waals surface area contributed by atoms with Crippen LogP contribution >= 0.6 is 0 Å². The second kappa shape index (κ2) is 6.33. The summed E-state index contributed by atoms with van der Waals surface area (Å²) in [6, 6.07) is 3.89. The van der Waals surface area contributed by atoms with E-state index < -0.39 is 12.9 Å². The van der Waals surface area contributed by atoms with Gasteiger partial charge in [0.15, 0.2) is 4.98 Å². The Hall–Kier alpha value is -1.45. The van der Waals surface area contributed by atoms with Crippen molar-refractivity contribution in [3.63, 3.8) is 0 Å². The molecule has 0 saturated heterocycles. The number of benzene rings is 1. The van der Waals surface area contributed by atoms with Crippen LogP contribution in [0.3, 0.4) is 0 Å². The number of rotatable bonds is 5. The van der Waals surface area contributed by atoms with Crippen LogP contribution in [0.2, 0.25) is 6.82 Å².